The lowest BCUT2D eigenvalue weighted by Crippen LogP contribution is -2.55. The molecule has 128 valence electrons. The Hall–Kier alpha value is -1.85. The van der Waals surface area contributed by atoms with Crippen LogP contribution in [0.4, 0.5) is 0 Å². The van der Waals surface area contributed by atoms with E-state index in [1.807, 2.05) is 16.9 Å². The summed E-state index contributed by atoms with van der Waals surface area (Å²) in [4.78, 5) is 13.2. The molecule has 4 rings (SSSR count). The summed E-state index contributed by atoms with van der Waals surface area (Å²) in [7, 11) is 0. The number of fused-ring (bicyclic) bond motifs is 1. The van der Waals surface area contributed by atoms with Crippen LogP contribution in [0.1, 0.15) is 36.4 Å². The molecule has 1 aromatic carbocycles. The largest absolute Gasteiger partial charge is 0.347 e. The standard InChI is InChI=1S/C18H22N4O.ClH/c23-17(21-16-7-6-14-4-1-2-5-15(14)16)18(8-11-19-12-9-18)22-13-3-10-20-22;/h1-5,10,13,16,19H,6-9,11-12H2,(H,21,23);1H. The van der Waals surface area contributed by atoms with Crippen LogP contribution < -0.4 is 10.6 Å². The first kappa shape index (κ1) is 17.0. The van der Waals surface area contributed by atoms with Gasteiger partial charge in [0.2, 0.25) is 5.91 Å². The van der Waals surface area contributed by atoms with Crippen LogP contribution in [0.5, 0.6) is 0 Å². The van der Waals surface area contributed by atoms with Crippen LogP contribution in [-0.2, 0) is 16.8 Å². The van der Waals surface area contributed by atoms with E-state index in [-0.39, 0.29) is 24.4 Å². The van der Waals surface area contributed by atoms with E-state index < -0.39 is 5.54 Å². The molecule has 1 unspecified atom stereocenters. The normalized spacial score (nSPS) is 21.6. The third kappa shape index (κ3) is 2.82. The smallest absolute Gasteiger partial charge is 0.248 e. The topological polar surface area (TPSA) is 59.0 Å². The van der Waals surface area contributed by atoms with Gasteiger partial charge in [-0.15, -0.1) is 12.4 Å². The summed E-state index contributed by atoms with van der Waals surface area (Å²) in [5.41, 5.74) is 2.06. The average Bonchev–Trinajstić information content (AvgIpc) is 3.26. The Balaban J connectivity index is 0.00000169. The Morgan fingerprint density at radius 1 is 1.25 bits per heavy atom. The summed E-state index contributed by atoms with van der Waals surface area (Å²) in [5.74, 6) is 0.101. The third-order valence-electron chi connectivity index (χ3n) is 5.23. The number of carbonyl (C=O) groups is 1. The predicted octanol–water partition coefficient (Wildman–Crippen LogP) is 2.19. The lowest BCUT2D eigenvalue weighted by molar-refractivity contribution is -0.132. The zero-order valence-corrected chi connectivity index (χ0v) is 14.4. The summed E-state index contributed by atoms with van der Waals surface area (Å²) < 4.78 is 1.85. The second-order valence-corrected chi connectivity index (χ2v) is 6.50. The van der Waals surface area contributed by atoms with Crippen LogP contribution in [-0.4, -0.2) is 28.8 Å². The Labute approximate surface area is 148 Å². The minimum atomic E-state index is -0.563. The fourth-order valence-electron chi connectivity index (χ4n) is 3.92. The first-order valence-corrected chi connectivity index (χ1v) is 8.39. The summed E-state index contributed by atoms with van der Waals surface area (Å²) in [6.45, 7) is 1.68. The van der Waals surface area contributed by atoms with E-state index in [4.69, 9.17) is 0 Å². The number of aromatic nitrogens is 2. The fraction of sp³-hybridized carbons (Fsp3) is 0.444. The number of hydrogen-bond donors (Lipinski definition) is 2. The third-order valence-corrected chi connectivity index (χ3v) is 5.23. The van der Waals surface area contributed by atoms with Crippen molar-refractivity contribution in [1.29, 1.82) is 0 Å². The van der Waals surface area contributed by atoms with Crippen LogP contribution in [0, 0.1) is 0 Å². The Bertz CT molecular complexity index is 695. The number of benzene rings is 1. The first-order chi connectivity index (χ1) is 11.3. The molecule has 2 N–H and O–H groups in total. The number of halogens is 1. The van der Waals surface area contributed by atoms with Gasteiger partial charge in [-0.3, -0.25) is 9.48 Å². The molecular weight excluding hydrogens is 324 g/mol. The van der Waals surface area contributed by atoms with Crippen LogP contribution in [0.2, 0.25) is 0 Å². The summed E-state index contributed by atoms with van der Waals surface area (Å²) >= 11 is 0. The number of amides is 1. The van der Waals surface area contributed by atoms with E-state index in [9.17, 15) is 4.79 Å². The lowest BCUT2D eigenvalue weighted by atomic mass is 9.87. The van der Waals surface area contributed by atoms with Crippen LogP contribution >= 0.6 is 12.4 Å². The van der Waals surface area contributed by atoms with E-state index in [0.717, 1.165) is 38.8 Å². The highest BCUT2D eigenvalue weighted by Gasteiger charge is 2.43. The molecule has 1 aromatic heterocycles. The SMILES string of the molecule is Cl.O=C(NC1CCc2ccccc21)C1(n2cccn2)CCNCC1. The number of nitrogens with one attached hydrogen (secondary N) is 2. The zero-order valence-electron chi connectivity index (χ0n) is 13.6. The van der Waals surface area contributed by atoms with Crippen molar-refractivity contribution in [2.45, 2.75) is 37.3 Å². The highest BCUT2D eigenvalue weighted by molar-refractivity contribution is 5.85. The van der Waals surface area contributed by atoms with Gasteiger partial charge in [-0.05, 0) is 56.0 Å². The fourth-order valence-corrected chi connectivity index (χ4v) is 3.92. The maximum atomic E-state index is 13.2. The van der Waals surface area contributed by atoms with E-state index in [1.54, 1.807) is 6.20 Å². The quantitative estimate of drug-likeness (QED) is 0.895. The van der Waals surface area contributed by atoms with Crippen molar-refractivity contribution in [2.75, 3.05) is 13.1 Å². The van der Waals surface area contributed by atoms with Gasteiger partial charge in [0, 0.05) is 12.4 Å². The Morgan fingerprint density at radius 3 is 2.79 bits per heavy atom. The molecule has 2 heterocycles. The second-order valence-electron chi connectivity index (χ2n) is 6.50. The second kappa shape index (κ2) is 6.95. The van der Waals surface area contributed by atoms with Gasteiger partial charge in [0.05, 0.1) is 6.04 Å². The van der Waals surface area contributed by atoms with Crippen molar-refractivity contribution >= 4 is 18.3 Å². The molecule has 1 fully saturated rings. The number of carbonyl (C=O) groups excluding carboxylic acids is 1. The highest BCUT2D eigenvalue weighted by Crippen LogP contribution is 2.33. The van der Waals surface area contributed by atoms with Crippen molar-refractivity contribution in [3.8, 4) is 0 Å². The average molecular weight is 347 g/mol. The maximum Gasteiger partial charge on any atom is 0.248 e. The molecular formula is C18H23ClN4O. The van der Waals surface area contributed by atoms with Crippen LogP contribution in [0.15, 0.2) is 42.7 Å². The van der Waals surface area contributed by atoms with Gasteiger partial charge in [-0.2, -0.15) is 5.10 Å². The monoisotopic (exact) mass is 346 g/mol. The molecule has 2 aliphatic rings. The van der Waals surface area contributed by atoms with Gasteiger partial charge in [0.1, 0.15) is 5.54 Å². The molecule has 0 radical (unpaired) electrons. The van der Waals surface area contributed by atoms with E-state index in [1.165, 1.54) is 11.1 Å². The lowest BCUT2D eigenvalue weighted by Gasteiger charge is -2.37. The molecule has 6 heteroatoms. The van der Waals surface area contributed by atoms with E-state index in [2.05, 4.69) is 40.0 Å². The van der Waals surface area contributed by atoms with Crippen LogP contribution in [0.3, 0.4) is 0 Å². The van der Waals surface area contributed by atoms with Gasteiger partial charge < -0.3 is 10.6 Å². The molecule has 1 saturated heterocycles. The van der Waals surface area contributed by atoms with Gasteiger partial charge in [0.15, 0.2) is 0 Å². The van der Waals surface area contributed by atoms with Crippen molar-refractivity contribution in [1.82, 2.24) is 20.4 Å². The van der Waals surface area contributed by atoms with Crippen molar-refractivity contribution in [2.24, 2.45) is 0 Å². The molecule has 0 bridgehead atoms. The molecule has 1 atom stereocenters. The molecule has 0 spiro atoms. The van der Waals surface area contributed by atoms with Crippen molar-refractivity contribution < 1.29 is 4.79 Å². The molecule has 1 aliphatic carbocycles. The number of aryl methyl sites for hydroxylation is 1. The zero-order chi connectivity index (χ0) is 15.7. The number of rotatable bonds is 3. The molecule has 1 amide bonds. The minimum Gasteiger partial charge on any atom is -0.347 e. The number of piperidine rings is 1. The molecule has 0 saturated carbocycles. The van der Waals surface area contributed by atoms with Gasteiger partial charge in [-0.25, -0.2) is 0 Å². The van der Waals surface area contributed by atoms with Crippen molar-refractivity contribution in [3.05, 3.63) is 53.9 Å². The van der Waals surface area contributed by atoms with Gasteiger partial charge >= 0.3 is 0 Å². The Kier molecular flexibility index (Phi) is 4.92. The molecule has 2 aromatic rings. The first-order valence-electron chi connectivity index (χ1n) is 8.39. The maximum absolute atomic E-state index is 13.2. The highest BCUT2D eigenvalue weighted by atomic mass is 35.5. The van der Waals surface area contributed by atoms with Crippen LogP contribution in [0.25, 0.3) is 0 Å². The number of nitrogens with zero attached hydrogens (tertiary/aromatic N) is 2. The van der Waals surface area contributed by atoms with Gasteiger partial charge in [-0.1, -0.05) is 24.3 Å². The number of hydrogen-bond acceptors (Lipinski definition) is 3. The van der Waals surface area contributed by atoms with Gasteiger partial charge in [0.25, 0.3) is 0 Å². The Morgan fingerprint density at radius 2 is 2.04 bits per heavy atom. The molecule has 5 nitrogen and oxygen atoms in total. The summed E-state index contributed by atoms with van der Waals surface area (Å²) in [5, 5.41) is 11.0. The molecule has 1 aliphatic heterocycles. The molecule has 24 heavy (non-hydrogen) atoms. The minimum absolute atomic E-state index is 0. The van der Waals surface area contributed by atoms with E-state index in [0.29, 0.717) is 0 Å². The summed E-state index contributed by atoms with van der Waals surface area (Å²) in [6, 6.07) is 10.4. The summed E-state index contributed by atoms with van der Waals surface area (Å²) in [6.07, 6.45) is 7.23. The predicted molar refractivity (Wildman–Crippen MR) is 95.2 cm³/mol. The van der Waals surface area contributed by atoms with Crippen molar-refractivity contribution in [3.63, 3.8) is 0 Å². The van der Waals surface area contributed by atoms with E-state index >= 15 is 0 Å².